The highest BCUT2D eigenvalue weighted by Gasteiger charge is 2.25. The smallest absolute Gasteiger partial charge is 0.409 e. The molecular formula is C20H26N2O5S. The second-order valence-electron chi connectivity index (χ2n) is 7.29. The topological polar surface area (TPSA) is 93.7 Å². The molecule has 0 aliphatic rings. The van der Waals surface area contributed by atoms with E-state index in [1.807, 2.05) is 6.92 Å². The van der Waals surface area contributed by atoms with Gasteiger partial charge in [0.2, 0.25) is 10.0 Å². The summed E-state index contributed by atoms with van der Waals surface area (Å²) in [6.45, 7) is 7.05. The largest absolute Gasteiger partial charge is 0.497 e. The number of amides is 1. The predicted molar refractivity (Wildman–Crippen MR) is 107 cm³/mol. The van der Waals surface area contributed by atoms with Gasteiger partial charge in [0.05, 0.1) is 12.0 Å². The van der Waals surface area contributed by atoms with E-state index in [9.17, 15) is 13.2 Å². The van der Waals surface area contributed by atoms with E-state index < -0.39 is 27.9 Å². The predicted octanol–water partition coefficient (Wildman–Crippen LogP) is 3.51. The third-order valence-electron chi connectivity index (χ3n) is 3.71. The lowest BCUT2D eigenvalue weighted by Crippen LogP contribution is -2.43. The molecule has 1 unspecified atom stereocenters. The summed E-state index contributed by atoms with van der Waals surface area (Å²) in [7, 11) is -2.35. The number of aryl methyl sites for hydroxylation is 1. The zero-order valence-corrected chi connectivity index (χ0v) is 17.5. The molecule has 0 spiro atoms. The summed E-state index contributed by atoms with van der Waals surface area (Å²) in [6.07, 6.45) is -1.76. The second kappa shape index (κ2) is 8.62. The Hall–Kier alpha value is -2.58. The number of sulfonamides is 1. The van der Waals surface area contributed by atoms with Crippen molar-refractivity contribution in [2.24, 2.45) is 0 Å². The van der Waals surface area contributed by atoms with Crippen LogP contribution in [0.1, 0.15) is 38.1 Å². The van der Waals surface area contributed by atoms with Gasteiger partial charge in [-0.2, -0.15) is 4.72 Å². The van der Waals surface area contributed by atoms with E-state index >= 15 is 0 Å². The molecular weight excluding hydrogens is 380 g/mol. The highest BCUT2D eigenvalue weighted by atomic mass is 32.2. The van der Waals surface area contributed by atoms with Crippen molar-refractivity contribution in [2.75, 3.05) is 7.11 Å². The molecule has 0 heterocycles. The number of alkyl carbamates (subject to hydrolysis) is 1. The van der Waals surface area contributed by atoms with Crippen molar-refractivity contribution in [3.63, 3.8) is 0 Å². The van der Waals surface area contributed by atoms with Gasteiger partial charge in [-0.15, -0.1) is 0 Å². The Morgan fingerprint density at radius 2 is 1.57 bits per heavy atom. The molecule has 2 N–H and O–H groups in total. The van der Waals surface area contributed by atoms with Crippen molar-refractivity contribution >= 4 is 16.1 Å². The highest BCUT2D eigenvalue weighted by molar-refractivity contribution is 7.89. The van der Waals surface area contributed by atoms with Crippen LogP contribution >= 0.6 is 0 Å². The first-order chi connectivity index (χ1) is 13.0. The van der Waals surface area contributed by atoms with E-state index in [0.717, 1.165) is 5.56 Å². The molecule has 8 heteroatoms. The molecule has 0 radical (unpaired) electrons. The summed E-state index contributed by atoms with van der Waals surface area (Å²) in [5.74, 6) is 0.612. The van der Waals surface area contributed by atoms with E-state index in [-0.39, 0.29) is 4.90 Å². The standard InChI is InChI=1S/C20H26N2O5S/c1-14-6-12-17(13-7-14)28(24,25)22-18(21-19(23)27-20(2,3)4)15-8-10-16(26-5)11-9-15/h6-13,18,22H,1-5H3,(H,21,23). The fraction of sp³-hybridized carbons (Fsp3) is 0.350. The monoisotopic (exact) mass is 406 g/mol. The SMILES string of the molecule is COc1ccc(C(NC(=O)OC(C)(C)C)NS(=O)(=O)c2ccc(C)cc2)cc1. The Kier molecular flexibility index (Phi) is 6.69. The molecule has 2 aromatic carbocycles. The molecule has 0 saturated heterocycles. The van der Waals surface area contributed by atoms with Crippen molar-refractivity contribution in [2.45, 2.75) is 44.4 Å². The minimum atomic E-state index is -3.88. The Bertz CT molecular complexity index is 901. The summed E-state index contributed by atoms with van der Waals surface area (Å²) in [6, 6.07) is 13.1. The van der Waals surface area contributed by atoms with Crippen LogP contribution in [0.4, 0.5) is 4.79 Å². The van der Waals surface area contributed by atoms with Crippen LogP contribution in [0.5, 0.6) is 5.75 Å². The lowest BCUT2D eigenvalue weighted by Gasteiger charge is -2.24. The van der Waals surface area contributed by atoms with E-state index in [0.29, 0.717) is 11.3 Å². The van der Waals surface area contributed by atoms with Crippen molar-refractivity contribution in [3.8, 4) is 5.75 Å². The van der Waals surface area contributed by atoms with Crippen LogP contribution in [0, 0.1) is 6.92 Å². The third-order valence-corrected chi connectivity index (χ3v) is 5.15. The van der Waals surface area contributed by atoms with Gasteiger partial charge in [0.25, 0.3) is 0 Å². The zero-order valence-electron chi connectivity index (χ0n) is 16.6. The zero-order chi connectivity index (χ0) is 20.9. The van der Waals surface area contributed by atoms with Crippen LogP contribution in [-0.4, -0.2) is 27.2 Å². The number of rotatable bonds is 6. The summed E-state index contributed by atoms with van der Waals surface area (Å²) < 4.78 is 38.5. The number of methoxy groups -OCH3 is 1. The molecule has 0 aromatic heterocycles. The lowest BCUT2D eigenvalue weighted by atomic mass is 10.1. The number of hydrogen-bond acceptors (Lipinski definition) is 5. The average Bonchev–Trinajstić information content (AvgIpc) is 2.60. The van der Waals surface area contributed by atoms with Crippen LogP contribution < -0.4 is 14.8 Å². The molecule has 1 amide bonds. The number of carbonyl (C=O) groups excluding carboxylic acids is 1. The van der Waals surface area contributed by atoms with Crippen molar-refractivity contribution in [1.29, 1.82) is 0 Å². The quantitative estimate of drug-likeness (QED) is 0.716. The summed E-state index contributed by atoms with van der Waals surface area (Å²) >= 11 is 0. The van der Waals surface area contributed by atoms with Crippen molar-refractivity contribution in [1.82, 2.24) is 10.0 Å². The van der Waals surface area contributed by atoms with Crippen LogP contribution in [0.25, 0.3) is 0 Å². The average molecular weight is 407 g/mol. The third kappa shape index (κ3) is 6.24. The Balaban J connectivity index is 2.31. The Morgan fingerprint density at radius 3 is 2.07 bits per heavy atom. The van der Waals surface area contributed by atoms with Gasteiger partial charge in [0.1, 0.15) is 17.5 Å². The van der Waals surface area contributed by atoms with Gasteiger partial charge in [-0.3, -0.25) is 0 Å². The number of nitrogens with one attached hydrogen (secondary N) is 2. The van der Waals surface area contributed by atoms with E-state index in [1.165, 1.54) is 19.2 Å². The number of ether oxygens (including phenoxy) is 2. The van der Waals surface area contributed by atoms with E-state index in [4.69, 9.17) is 9.47 Å². The van der Waals surface area contributed by atoms with Crippen LogP contribution in [0.2, 0.25) is 0 Å². The molecule has 0 aliphatic heterocycles. The van der Waals surface area contributed by atoms with Gasteiger partial charge in [-0.1, -0.05) is 29.8 Å². The minimum absolute atomic E-state index is 0.0996. The van der Waals surface area contributed by atoms with Gasteiger partial charge >= 0.3 is 6.09 Å². The van der Waals surface area contributed by atoms with Gasteiger partial charge < -0.3 is 14.8 Å². The first-order valence-electron chi connectivity index (χ1n) is 8.73. The second-order valence-corrected chi connectivity index (χ2v) is 9.00. The maximum absolute atomic E-state index is 12.8. The summed E-state index contributed by atoms with van der Waals surface area (Å²) in [5, 5.41) is 2.57. The molecule has 28 heavy (non-hydrogen) atoms. The molecule has 152 valence electrons. The van der Waals surface area contributed by atoms with Crippen LogP contribution in [0.15, 0.2) is 53.4 Å². The molecule has 7 nitrogen and oxygen atoms in total. The normalized spacial score (nSPS) is 12.9. The minimum Gasteiger partial charge on any atom is -0.497 e. The number of carbonyl (C=O) groups is 1. The fourth-order valence-electron chi connectivity index (χ4n) is 2.34. The Morgan fingerprint density at radius 1 is 1.00 bits per heavy atom. The van der Waals surface area contributed by atoms with Crippen LogP contribution in [0.3, 0.4) is 0 Å². The maximum atomic E-state index is 12.8. The first kappa shape index (κ1) is 21.7. The highest BCUT2D eigenvalue weighted by Crippen LogP contribution is 2.20. The molecule has 0 saturated carbocycles. The number of benzene rings is 2. The van der Waals surface area contributed by atoms with E-state index in [2.05, 4.69) is 10.0 Å². The van der Waals surface area contributed by atoms with Gasteiger partial charge in [-0.05, 0) is 57.5 Å². The molecule has 2 rings (SSSR count). The number of hydrogen-bond donors (Lipinski definition) is 2. The fourth-order valence-corrected chi connectivity index (χ4v) is 3.48. The summed E-state index contributed by atoms with van der Waals surface area (Å²) in [4.78, 5) is 12.3. The van der Waals surface area contributed by atoms with Crippen molar-refractivity contribution in [3.05, 3.63) is 59.7 Å². The molecule has 0 aliphatic carbocycles. The van der Waals surface area contributed by atoms with Crippen LogP contribution in [-0.2, 0) is 14.8 Å². The van der Waals surface area contributed by atoms with Crippen molar-refractivity contribution < 1.29 is 22.7 Å². The van der Waals surface area contributed by atoms with Gasteiger partial charge in [-0.25, -0.2) is 13.2 Å². The van der Waals surface area contributed by atoms with Gasteiger partial charge in [0.15, 0.2) is 0 Å². The molecule has 2 aromatic rings. The Labute approximate surface area is 166 Å². The summed E-state index contributed by atoms with van der Waals surface area (Å²) in [5.41, 5.74) is 0.754. The molecule has 0 bridgehead atoms. The van der Waals surface area contributed by atoms with Gasteiger partial charge in [0, 0.05) is 0 Å². The molecule has 1 atom stereocenters. The molecule has 0 fully saturated rings. The first-order valence-corrected chi connectivity index (χ1v) is 10.2. The van der Waals surface area contributed by atoms with E-state index in [1.54, 1.807) is 57.2 Å². The maximum Gasteiger partial charge on any atom is 0.409 e. The lowest BCUT2D eigenvalue weighted by molar-refractivity contribution is 0.0501.